The van der Waals surface area contributed by atoms with E-state index in [-0.39, 0.29) is 30.2 Å². The molecular weight excluding hydrogens is 562 g/mol. The maximum atomic E-state index is 13.8. The number of rotatable bonds is 5. The van der Waals surface area contributed by atoms with Crippen molar-refractivity contribution in [3.63, 3.8) is 0 Å². The molecule has 2 amide bonds. The Labute approximate surface area is 230 Å². The summed E-state index contributed by atoms with van der Waals surface area (Å²) in [4.78, 5) is 50.8. The van der Waals surface area contributed by atoms with Gasteiger partial charge in [0.2, 0.25) is 11.8 Å². The van der Waals surface area contributed by atoms with E-state index in [1.807, 2.05) is 28.8 Å². The number of pyridine rings is 3. The molecule has 1 aliphatic carbocycles. The lowest BCUT2D eigenvalue weighted by atomic mass is 10.1. The maximum Gasteiger partial charge on any atom is 0.248 e. The van der Waals surface area contributed by atoms with Gasteiger partial charge in [-0.25, -0.2) is 19.9 Å². The van der Waals surface area contributed by atoms with Crippen molar-refractivity contribution in [1.82, 2.24) is 34.4 Å². The number of nitrogens with one attached hydrogen (secondary N) is 1. The van der Waals surface area contributed by atoms with E-state index < -0.39 is 6.04 Å². The summed E-state index contributed by atoms with van der Waals surface area (Å²) in [5.74, 6) is 0.661. The number of carbonyl (C=O) groups excluding carboxylic acids is 2. The van der Waals surface area contributed by atoms with Crippen molar-refractivity contribution in [2.45, 2.75) is 31.5 Å². The molecule has 2 fully saturated rings. The van der Waals surface area contributed by atoms with Gasteiger partial charge in [0.05, 0.1) is 16.6 Å². The zero-order chi connectivity index (χ0) is 26.7. The van der Waals surface area contributed by atoms with Gasteiger partial charge >= 0.3 is 0 Å². The van der Waals surface area contributed by atoms with Crippen LogP contribution in [0.1, 0.15) is 12.8 Å². The molecule has 1 saturated heterocycles. The lowest BCUT2D eigenvalue weighted by Gasteiger charge is -2.27. The number of halogens is 1. The maximum absolute atomic E-state index is 13.8. The summed E-state index contributed by atoms with van der Waals surface area (Å²) in [6, 6.07) is 12.4. The molecule has 194 valence electrons. The fraction of sp³-hybridized carbons (Fsp3) is 0.222. The summed E-state index contributed by atoms with van der Waals surface area (Å²) in [5, 5.41) is 3.45. The molecular formula is C27H22BrN9O2. The molecule has 2 aliphatic rings. The second kappa shape index (κ2) is 9.09. The third-order valence-corrected chi connectivity index (χ3v) is 7.87. The number of likely N-dealkylation sites (tertiary alicyclic amines) is 1. The van der Waals surface area contributed by atoms with E-state index >= 15 is 0 Å². The summed E-state index contributed by atoms with van der Waals surface area (Å²) in [5.41, 5.74) is 9.70. The van der Waals surface area contributed by atoms with Gasteiger partial charge in [-0.15, -0.1) is 0 Å². The number of amides is 2. The first-order valence-electron chi connectivity index (χ1n) is 12.5. The van der Waals surface area contributed by atoms with Crippen molar-refractivity contribution in [3.8, 4) is 11.3 Å². The molecule has 0 spiro atoms. The summed E-state index contributed by atoms with van der Waals surface area (Å²) < 4.78 is 2.43. The van der Waals surface area contributed by atoms with Gasteiger partial charge in [0.1, 0.15) is 46.3 Å². The van der Waals surface area contributed by atoms with Gasteiger partial charge in [-0.1, -0.05) is 6.07 Å². The second-order valence-corrected chi connectivity index (χ2v) is 10.6. The fourth-order valence-corrected chi connectivity index (χ4v) is 5.92. The normalized spacial score (nSPS) is 19.8. The van der Waals surface area contributed by atoms with Crippen molar-refractivity contribution in [1.29, 1.82) is 0 Å². The summed E-state index contributed by atoms with van der Waals surface area (Å²) in [6.45, 7) is -0.00743. The Morgan fingerprint density at radius 2 is 1.97 bits per heavy atom. The molecule has 0 bridgehead atoms. The number of hydrogen-bond acceptors (Lipinski definition) is 8. The predicted octanol–water partition coefficient (Wildman–Crippen LogP) is 3.41. The lowest BCUT2D eigenvalue weighted by Crippen LogP contribution is -2.46. The van der Waals surface area contributed by atoms with Gasteiger partial charge in [-0.2, -0.15) is 0 Å². The molecule has 12 heteroatoms. The van der Waals surface area contributed by atoms with Crippen LogP contribution in [0.2, 0.25) is 0 Å². The van der Waals surface area contributed by atoms with Crippen LogP contribution in [0.15, 0.2) is 65.8 Å². The fourth-order valence-electron chi connectivity index (χ4n) is 5.58. The van der Waals surface area contributed by atoms with Crippen LogP contribution >= 0.6 is 15.9 Å². The Morgan fingerprint density at radius 1 is 1.08 bits per heavy atom. The van der Waals surface area contributed by atoms with E-state index in [1.54, 1.807) is 35.5 Å². The Bertz CT molecular complexity index is 1770. The Morgan fingerprint density at radius 3 is 2.79 bits per heavy atom. The Kier molecular flexibility index (Phi) is 5.51. The van der Waals surface area contributed by atoms with E-state index in [4.69, 9.17) is 10.7 Å². The van der Waals surface area contributed by atoms with Gasteiger partial charge < -0.3 is 20.5 Å². The molecule has 1 aliphatic heterocycles. The SMILES string of the molecule is Nc1ncnc2c1c1nc(-c3cccnc3)ccc1n2CC(=O)N1[C@@H]2C[C@@H]2C[C@H]1C(=O)Nc1cccc(Br)n1. The molecule has 3 N–H and O–H groups in total. The average Bonchev–Trinajstić information content (AvgIpc) is 3.48. The van der Waals surface area contributed by atoms with Gasteiger partial charge in [0.25, 0.3) is 0 Å². The van der Waals surface area contributed by atoms with Crippen molar-refractivity contribution in [2.24, 2.45) is 5.92 Å². The molecule has 1 saturated carbocycles. The Balaban J connectivity index is 1.23. The Hall–Kier alpha value is -4.45. The zero-order valence-electron chi connectivity index (χ0n) is 20.5. The minimum absolute atomic E-state index is 0.00743. The number of nitrogens with two attached hydrogens (primary N) is 1. The van der Waals surface area contributed by atoms with Crippen LogP contribution in [0.25, 0.3) is 33.3 Å². The first kappa shape index (κ1) is 23.7. The van der Waals surface area contributed by atoms with Crippen LogP contribution in [0.3, 0.4) is 0 Å². The standard InChI is InChI=1S/C27H22BrN9O2/c28-20-4-1-5-21(34-20)35-27(39)19-10-15-9-18(15)37(19)22(38)12-36-17-7-6-16(14-3-2-8-30-11-14)33-24(17)23-25(29)31-13-32-26(23)36/h1-8,11,13,15,18-19H,9-10,12H2,(H2,29,31,32)(H,34,35,39)/t15-,18-,19+/m1/s1. The third kappa shape index (κ3) is 4.07. The molecule has 6 heterocycles. The minimum atomic E-state index is -0.565. The second-order valence-electron chi connectivity index (χ2n) is 9.80. The van der Waals surface area contributed by atoms with E-state index in [9.17, 15) is 9.59 Å². The highest BCUT2D eigenvalue weighted by molar-refractivity contribution is 9.10. The van der Waals surface area contributed by atoms with E-state index in [1.165, 1.54) is 6.33 Å². The van der Waals surface area contributed by atoms with Gasteiger partial charge in [-0.3, -0.25) is 14.6 Å². The first-order valence-corrected chi connectivity index (χ1v) is 13.3. The van der Waals surface area contributed by atoms with Crippen molar-refractivity contribution in [3.05, 3.63) is 65.8 Å². The van der Waals surface area contributed by atoms with Crippen molar-refractivity contribution < 1.29 is 9.59 Å². The minimum Gasteiger partial charge on any atom is -0.383 e. The van der Waals surface area contributed by atoms with Crippen LogP contribution in [-0.2, 0) is 16.1 Å². The van der Waals surface area contributed by atoms with Crippen molar-refractivity contribution in [2.75, 3.05) is 11.1 Å². The molecule has 39 heavy (non-hydrogen) atoms. The molecule has 7 rings (SSSR count). The summed E-state index contributed by atoms with van der Waals surface area (Å²) >= 11 is 3.33. The van der Waals surface area contributed by atoms with Crippen LogP contribution in [0.5, 0.6) is 0 Å². The smallest absolute Gasteiger partial charge is 0.248 e. The van der Waals surface area contributed by atoms with Gasteiger partial charge in [0, 0.05) is 24.0 Å². The number of nitrogens with zero attached hydrogens (tertiary/aromatic N) is 7. The average molecular weight is 584 g/mol. The van der Waals surface area contributed by atoms with E-state index in [0.717, 1.165) is 17.7 Å². The summed E-state index contributed by atoms with van der Waals surface area (Å²) in [7, 11) is 0. The number of nitrogen functional groups attached to an aromatic ring is 1. The number of aromatic nitrogens is 6. The third-order valence-electron chi connectivity index (χ3n) is 7.43. The number of fused-ring (bicyclic) bond motifs is 4. The topological polar surface area (TPSA) is 145 Å². The monoisotopic (exact) mass is 583 g/mol. The molecule has 0 aromatic carbocycles. The molecule has 0 unspecified atom stereocenters. The van der Waals surface area contributed by atoms with Gasteiger partial charge in [-0.05, 0) is 71.1 Å². The number of hydrogen-bond donors (Lipinski definition) is 2. The number of anilines is 2. The molecule has 5 aromatic heterocycles. The van der Waals surface area contributed by atoms with Crippen LogP contribution < -0.4 is 11.1 Å². The molecule has 5 aromatic rings. The predicted molar refractivity (Wildman–Crippen MR) is 148 cm³/mol. The van der Waals surface area contributed by atoms with Crippen LogP contribution in [-0.4, -0.2) is 58.3 Å². The highest BCUT2D eigenvalue weighted by Gasteiger charge is 2.56. The number of carbonyl (C=O) groups is 2. The van der Waals surface area contributed by atoms with E-state index in [0.29, 0.717) is 44.8 Å². The van der Waals surface area contributed by atoms with Gasteiger partial charge in [0.15, 0.2) is 0 Å². The molecule has 0 radical (unpaired) electrons. The van der Waals surface area contributed by atoms with Crippen molar-refractivity contribution >= 4 is 61.4 Å². The van der Waals surface area contributed by atoms with E-state index in [2.05, 4.69) is 41.2 Å². The lowest BCUT2D eigenvalue weighted by molar-refractivity contribution is -0.138. The molecule has 3 atom stereocenters. The highest BCUT2D eigenvalue weighted by atomic mass is 79.9. The molecule has 11 nitrogen and oxygen atoms in total. The van der Waals surface area contributed by atoms with Crippen LogP contribution in [0.4, 0.5) is 11.6 Å². The zero-order valence-corrected chi connectivity index (χ0v) is 22.1. The summed E-state index contributed by atoms with van der Waals surface area (Å²) in [6.07, 6.45) is 6.37. The number of piperidine rings is 1. The largest absolute Gasteiger partial charge is 0.383 e. The van der Waals surface area contributed by atoms with Crippen LogP contribution in [0, 0.1) is 5.92 Å². The highest BCUT2D eigenvalue weighted by Crippen LogP contribution is 2.48. The first-order chi connectivity index (χ1) is 19.0. The quantitative estimate of drug-likeness (QED) is 0.299.